The normalized spacial score (nSPS) is 11.4. The molecule has 0 aliphatic heterocycles. The first-order valence-corrected chi connectivity index (χ1v) is 9.62. The lowest BCUT2D eigenvalue weighted by molar-refractivity contribution is -0.116. The first kappa shape index (κ1) is 20.4. The second-order valence-corrected chi connectivity index (χ2v) is 6.99. The zero-order valence-corrected chi connectivity index (χ0v) is 16.6. The van der Waals surface area contributed by atoms with Gasteiger partial charge in [-0.2, -0.15) is 0 Å². The number of benzene rings is 1. The zero-order chi connectivity index (χ0) is 20.6. The standard InChI is InChI=1S/C22H25N5O2/c1-16(2)17-6-7-20-19(13-17)22(29)27(15-26-20)12-8-21(28)25-11-10-23-14-18-5-3-4-9-24-18/h3-9,12-13,15-16,23H,10-11,14H2,1-2H3,(H,25,28). The number of fused-ring (bicyclic) bond motifs is 1. The lowest BCUT2D eigenvalue weighted by Gasteiger charge is -2.07. The maximum Gasteiger partial charge on any atom is 0.265 e. The minimum Gasteiger partial charge on any atom is -0.351 e. The summed E-state index contributed by atoms with van der Waals surface area (Å²) in [5, 5.41) is 6.53. The maximum absolute atomic E-state index is 12.7. The highest BCUT2D eigenvalue weighted by Gasteiger charge is 2.06. The van der Waals surface area contributed by atoms with Gasteiger partial charge in [0.25, 0.3) is 5.56 Å². The van der Waals surface area contributed by atoms with Crippen molar-refractivity contribution in [3.8, 4) is 0 Å². The number of nitrogens with one attached hydrogen (secondary N) is 2. The van der Waals surface area contributed by atoms with Gasteiger partial charge in [0.15, 0.2) is 0 Å². The molecule has 29 heavy (non-hydrogen) atoms. The van der Waals surface area contributed by atoms with Gasteiger partial charge in [-0.05, 0) is 35.7 Å². The van der Waals surface area contributed by atoms with E-state index in [-0.39, 0.29) is 11.5 Å². The zero-order valence-electron chi connectivity index (χ0n) is 16.6. The van der Waals surface area contributed by atoms with Crippen LogP contribution in [0.1, 0.15) is 31.0 Å². The van der Waals surface area contributed by atoms with E-state index in [0.29, 0.717) is 36.5 Å². The van der Waals surface area contributed by atoms with E-state index in [9.17, 15) is 9.59 Å². The first-order valence-electron chi connectivity index (χ1n) is 9.62. The number of hydrogen-bond acceptors (Lipinski definition) is 5. The maximum atomic E-state index is 12.7. The molecule has 3 rings (SSSR count). The topological polar surface area (TPSA) is 88.9 Å². The quantitative estimate of drug-likeness (QED) is 0.454. The Morgan fingerprint density at radius 2 is 2.03 bits per heavy atom. The summed E-state index contributed by atoms with van der Waals surface area (Å²) < 4.78 is 1.32. The summed E-state index contributed by atoms with van der Waals surface area (Å²) in [5.74, 6) is 0.0487. The summed E-state index contributed by atoms with van der Waals surface area (Å²) in [6.07, 6.45) is 5.95. The van der Waals surface area contributed by atoms with Crippen LogP contribution in [0, 0.1) is 0 Å². The van der Waals surface area contributed by atoms with Crippen LogP contribution in [0.3, 0.4) is 0 Å². The van der Waals surface area contributed by atoms with Crippen LogP contribution in [0.5, 0.6) is 0 Å². The molecule has 0 unspecified atom stereocenters. The molecule has 7 heteroatoms. The third-order valence-corrected chi connectivity index (χ3v) is 4.49. The Balaban J connectivity index is 1.54. The molecule has 1 aromatic carbocycles. The first-order chi connectivity index (χ1) is 14.0. The van der Waals surface area contributed by atoms with Crippen LogP contribution >= 0.6 is 0 Å². The molecule has 1 amide bonds. The van der Waals surface area contributed by atoms with Gasteiger partial charge in [0.05, 0.1) is 16.6 Å². The second-order valence-electron chi connectivity index (χ2n) is 6.99. The third-order valence-electron chi connectivity index (χ3n) is 4.49. The summed E-state index contributed by atoms with van der Waals surface area (Å²) in [7, 11) is 0. The Kier molecular flexibility index (Phi) is 6.86. The fourth-order valence-corrected chi connectivity index (χ4v) is 2.82. The molecule has 0 aliphatic carbocycles. The molecule has 0 saturated heterocycles. The summed E-state index contributed by atoms with van der Waals surface area (Å²) in [6.45, 7) is 5.88. The number of carbonyl (C=O) groups is 1. The third kappa shape index (κ3) is 5.58. The van der Waals surface area contributed by atoms with Crippen LogP contribution in [-0.2, 0) is 11.3 Å². The molecule has 2 aromatic heterocycles. The molecule has 3 aromatic rings. The minimum absolute atomic E-state index is 0.196. The number of rotatable bonds is 8. The number of hydrogen-bond donors (Lipinski definition) is 2. The number of aromatic nitrogens is 3. The Morgan fingerprint density at radius 1 is 1.17 bits per heavy atom. The average molecular weight is 391 g/mol. The highest BCUT2D eigenvalue weighted by atomic mass is 16.1. The molecular formula is C22H25N5O2. The van der Waals surface area contributed by atoms with Crippen LogP contribution in [-0.4, -0.2) is 33.5 Å². The van der Waals surface area contributed by atoms with E-state index in [1.54, 1.807) is 6.20 Å². The molecule has 0 atom stereocenters. The van der Waals surface area contributed by atoms with Crippen molar-refractivity contribution < 1.29 is 4.79 Å². The molecule has 0 bridgehead atoms. The summed E-state index contributed by atoms with van der Waals surface area (Å²) in [4.78, 5) is 33.2. The molecular weight excluding hydrogens is 366 g/mol. The summed E-state index contributed by atoms with van der Waals surface area (Å²) >= 11 is 0. The Bertz CT molecular complexity index is 1060. The molecule has 2 N–H and O–H groups in total. The molecule has 150 valence electrons. The predicted molar refractivity (Wildman–Crippen MR) is 114 cm³/mol. The van der Waals surface area contributed by atoms with Gasteiger partial charge in [-0.15, -0.1) is 0 Å². The number of nitrogens with zero attached hydrogens (tertiary/aromatic N) is 3. The lowest BCUT2D eigenvalue weighted by atomic mass is 10.0. The van der Waals surface area contributed by atoms with Gasteiger partial charge in [0, 0.05) is 38.1 Å². The van der Waals surface area contributed by atoms with Crippen molar-refractivity contribution in [1.29, 1.82) is 0 Å². The van der Waals surface area contributed by atoms with Gasteiger partial charge in [0.1, 0.15) is 6.33 Å². The molecule has 0 saturated carbocycles. The van der Waals surface area contributed by atoms with Crippen molar-refractivity contribution in [2.24, 2.45) is 0 Å². The number of carbonyl (C=O) groups excluding carboxylic acids is 1. The monoisotopic (exact) mass is 391 g/mol. The Labute approximate surface area is 169 Å². The highest BCUT2D eigenvalue weighted by Crippen LogP contribution is 2.17. The average Bonchev–Trinajstić information content (AvgIpc) is 2.73. The van der Waals surface area contributed by atoms with Gasteiger partial charge in [0.2, 0.25) is 5.91 Å². The summed E-state index contributed by atoms with van der Waals surface area (Å²) in [5.41, 5.74) is 2.47. The van der Waals surface area contributed by atoms with E-state index < -0.39 is 0 Å². The SMILES string of the molecule is CC(C)c1ccc2ncn(C=CC(=O)NCCNCc3ccccn3)c(=O)c2c1. The van der Waals surface area contributed by atoms with Crippen molar-refractivity contribution >= 4 is 23.0 Å². The summed E-state index contributed by atoms with van der Waals surface area (Å²) in [6, 6.07) is 11.4. The van der Waals surface area contributed by atoms with Gasteiger partial charge < -0.3 is 10.6 Å². The number of pyridine rings is 1. The van der Waals surface area contributed by atoms with E-state index >= 15 is 0 Å². The van der Waals surface area contributed by atoms with Crippen LogP contribution < -0.4 is 16.2 Å². The molecule has 0 fully saturated rings. The molecule has 0 radical (unpaired) electrons. The molecule has 7 nitrogen and oxygen atoms in total. The highest BCUT2D eigenvalue weighted by molar-refractivity contribution is 5.90. The smallest absolute Gasteiger partial charge is 0.265 e. The van der Waals surface area contributed by atoms with E-state index in [1.165, 1.54) is 23.2 Å². The molecule has 0 aliphatic rings. The van der Waals surface area contributed by atoms with Crippen molar-refractivity contribution in [3.05, 3.63) is 76.6 Å². The number of amides is 1. The van der Waals surface area contributed by atoms with E-state index in [4.69, 9.17) is 0 Å². The van der Waals surface area contributed by atoms with Gasteiger partial charge >= 0.3 is 0 Å². The molecule has 0 spiro atoms. The molecule has 2 heterocycles. The fraction of sp³-hybridized carbons (Fsp3) is 0.273. The lowest BCUT2D eigenvalue weighted by Crippen LogP contribution is -2.30. The van der Waals surface area contributed by atoms with Crippen molar-refractivity contribution in [3.63, 3.8) is 0 Å². The minimum atomic E-state index is -0.271. The van der Waals surface area contributed by atoms with E-state index in [0.717, 1.165) is 11.3 Å². The van der Waals surface area contributed by atoms with Crippen LogP contribution in [0.2, 0.25) is 0 Å². The van der Waals surface area contributed by atoms with Gasteiger partial charge in [-0.1, -0.05) is 26.0 Å². The van der Waals surface area contributed by atoms with Crippen molar-refractivity contribution in [2.75, 3.05) is 13.1 Å². The van der Waals surface area contributed by atoms with Crippen LogP contribution in [0.25, 0.3) is 17.1 Å². The predicted octanol–water partition coefficient (Wildman–Crippen LogP) is 2.29. The van der Waals surface area contributed by atoms with Crippen molar-refractivity contribution in [1.82, 2.24) is 25.2 Å². The van der Waals surface area contributed by atoms with Gasteiger partial charge in [-0.3, -0.25) is 19.1 Å². The fourth-order valence-electron chi connectivity index (χ4n) is 2.82. The van der Waals surface area contributed by atoms with Crippen LogP contribution in [0.4, 0.5) is 0 Å². The Morgan fingerprint density at radius 3 is 2.79 bits per heavy atom. The Hall–Kier alpha value is -3.32. The van der Waals surface area contributed by atoms with E-state index in [2.05, 4.69) is 34.4 Å². The van der Waals surface area contributed by atoms with Crippen molar-refractivity contribution in [2.45, 2.75) is 26.3 Å². The van der Waals surface area contributed by atoms with E-state index in [1.807, 2.05) is 36.4 Å². The second kappa shape index (κ2) is 9.75. The van der Waals surface area contributed by atoms with Crippen LogP contribution in [0.15, 0.2) is 59.8 Å². The largest absolute Gasteiger partial charge is 0.351 e. The van der Waals surface area contributed by atoms with Gasteiger partial charge in [-0.25, -0.2) is 4.98 Å².